The summed E-state index contributed by atoms with van der Waals surface area (Å²) >= 11 is 0. The van der Waals surface area contributed by atoms with E-state index in [1.807, 2.05) is 0 Å². The summed E-state index contributed by atoms with van der Waals surface area (Å²) in [6.45, 7) is 0. The number of nitrogens with two attached hydrogens (primary N) is 1. The highest BCUT2D eigenvalue weighted by Gasteiger charge is 2.15. The molecular formula is C13H11F2NO2S. The van der Waals surface area contributed by atoms with Crippen molar-refractivity contribution in [1.82, 2.24) is 0 Å². The van der Waals surface area contributed by atoms with Gasteiger partial charge in [0.2, 0.25) is 0 Å². The Morgan fingerprint density at radius 2 is 1.74 bits per heavy atom. The van der Waals surface area contributed by atoms with Crippen LogP contribution in [0.25, 0.3) is 11.1 Å². The molecule has 0 radical (unpaired) electrons. The van der Waals surface area contributed by atoms with Crippen LogP contribution in [-0.2, 0) is 9.84 Å². The SMILES string of the molecule is CS(=O)(=O)c1cccc(-c2ccc(N)c(F)c2F)c1. The van der Waals surface area contributed by atoms with Crippen LogP contribution in [0.2, 0.25) is 0 Å². The van der Waals surface area contributed by atoms with Crippen molar-refractivity contribution in [3.8, 4) is 11.1 Å². The third-order valence-corrected chi connectivity index (χ3v) is 3.80. The van der Waals surface area contributed by atoms with Crippen molar-refractivity contribution in [3.63, 3.8) is 0 Å². The zero-order chi connectivity index (χ0) is 14.2. The Balaban J connectivity index is 2.64. The molecule has 0 atom stereocenters. The lowest BCUT2D eigenvalue weighted by Gasteiger charge is -2.07. The molecule has 0 saturated heterocycles. The summed E-state index contributed by atoms with van der Waals surface area (Å²) in [5.74, 6) is -2.23. The van der Waals surface area contributed by atoms with Gasteiger partial charge in [-0.1, -0.05) is 12.1 Å². The van der Waals surface area contributed by atoms with Crippen LogP contribution >= 0.6 is 0 Å². The van der Waals surface area contributed by atoms with E-state index in [1.165, 1.54) is 36.4 Å². The molecule has 19 heavy (non-hydrogen) atoms. The molecular weight excluding hydrogens is 272 g/mol. The standard InChI is InChI=1S/C13H11F2NO2S/c1-19(17,18)9-4-2-3-8(7-9)10-5-6-11(16)13(15)12(10)14/h2-7H,16H2,1H3. The maximum Gasteiger partial charge on any atom is 0.182 e. The van der Waals surface area contributed by atoms with Gasteiger partial charge in [0.05, 0.1) is 10.6 Å². The first-order valence-electron chi connectivity index (χ1n) is 5.34. The van der Waals surface area contributed by atoms with Crippen molar-refractivity contribution in [2.24, 2.45) is 0 Å². The summed E-state index contributed by atoms with van der Waals surface area (Å²) in [7, 11) is -3.41. The highest BCUT2D eigenvalue weighted by Crippen LogP contribution is 2.28. The molecule has 0 fully saturated rings. The number of hydrogen-bond acceptors (Lipinski definition) is 3. The van der Waals surface area contributed by atoms with Gasteiger partial charge in [0, 0.05) is 11.8 Å². The van der Waals surface area contributed by atoms with Crippen LogP contribution in [-0.4, -0.2) is 14.7 Å². The molecule has 6 heteroatoms. The second-order valence-electron chi connectivity index (χ2n) is 4.13. The number of sulfone groups is 1. The van der Waals surface area contributed by atoms with Gasteiger partial charge in [0.15, 0.2) is 21.5 Å². The molecule has 0 aliphatic heterocycles. The maximum absolute atomic E-state index is 13.8. The molecule has 0 unspecified atom stereocenters. The molecule has 0 spiro atoms. The summed E-state index contributed by atoms with van der Waals surface area (Å²) in [5.41, 5.74) is 5.21. The summed E-state index contributed by atoms with van der Waals surface area (Å²) in [4.78, 5) is 0.0432. The van der Waals surface area contributed by atoms with Crippen LogP contribution in [0.15, 0.2) is 41.3 Å². The van der Waals surface area contributed by atoms with Crippen LogP contribution in [0.3, 0.4) is 0 Å². The number of anilines is 1. The number of benzene rings is 2. The molecule has 2 rings (SSSR count). The van der Waals surface area contributed by atoms with Crippen LogP contribution in [0.1, 0.15) is 0 Å². The lowest BCUT2D eigenvalue weighted by Crippen LogP contribution is -1.99. The van der Waals surface area contributed by atoms with Gasteiger partial charge < -0.3 is 5.73 Å². The van der Waals surface area contributed by atoms with E-state index in [-0.39, 0.29) is 21.7 Å². The second kappa shape index (κ2) is 4.62. The van der Waals surface area contributed by atoms with Crippen molar-refractivity contribution >= 4 is 15.5 Å². The highest BCUT2D eigenvalue weighted by molar-refractivity contribution is 7.90. The third kappa shape index (κ3) is 2.58. The summed E-state index contributed by atoms with van der Waals surface area (Å²) in [6, 6.07) is 8.21. The van der Waals surface area contributed by atoms with E-state index >= 15 is 0 Å². The minimum atomic E-state index is -3.41. The highest BCUT2D eigenvalue weighted by atomic mass is 32.2. The second-order valence-corrected chi connectivity index (χ2v) is 6.15. The number of nitrogen functional groups attached to an aromatic ring is 1. The van der Waals surface area contributed by atoms with Crippen molar-refractivity contribution in [2.75, 3.05) is 12.0 Å². The Hall–Kier alpha value is -1.95. The molecule has 0 saturated carbocycles. The normalized spacial score (nSPS) is 11.5. The fourth-order valence-electron chi connectivity index (χ4n) is 1.68. The zero-order valence-corrected chi connectivity index (χ0v) is 10.8. The molecule has 0 aromatic heterocycles. The average molecular weight is 283 g/mol. The molecule has 2 N–H and O–H groups in total. The number of halogens is 2. The van der Waals surface area contributed by atoms with Crippen molar-refractivity contribution in [2.45, 2.75) is 4.90 Å². The molecule has 0 amide bonds. The molecule has 2 aromatic carbocycles. The van der Waals surface area contributed by atoms with Gasteiger partial charge in [-0.2, -0.15) is 0 Å². The molecule has 0 aliphatic rings. The Morgan fingerprint density at radius 3 is 2.37 bits per heavy atom. The Bertz CT molecular complexity index is 742. The molecule has 0 aliphatic carbocycles. The van der Waals surface area contributed by atoms with E-state index < -0.39 is 21.5 Å². The van der Waals surface area contributed by atoms with Crippen molar-refractivity contribution < 1.29 is 17.2 Å². The Morgan fingerprint density at radius 1 is 1.05 bits per heavy atom. The van der Waals surface area contributed by atoms with Gasteiger partial charge in [-0.3, -0.25) is 0 Å². The topological polar surface area (TPSA) is 60.2 Å². The number of hydrogen-bond donors (Lipinski definition) is 1. The van der Waals surface area contributed by atoms with E-state index in [4.69, 9.17) is 5.73 Å². The quantitative estimate of drug-likeness (QED) is 0.862. The first-order valence-corrected chi connectivity index (χ1v) is 7.24. The predicted molar refractivity (Wildman–Crippen MR) is 69.3 cm³/mol. The monoisotopic (exact) mass is 283 g/mol. The summed E-state index contributed by atoms with van der Waals surface area (Å²) in [5, 5.41) is 0. The van der Waals surface area contributed by atoms with Gasteiger partial charge in [0.25, 0.3) is 0 Å². The first-order chi connectivity index (χ1) is 8.80. The Kier molecular flexibility index (Phi) is 3.28. The van der Waals surface area contributed by atoms with Crippen LogP contribution in [0.4, 0.5) is 14.5 Å². The smallest absolute Gasteiger partial charge is 0.182 e. The molecule has 3 nitrogen and oxygen atoms in total. The summed E-state index contributed by atoms with van der Waals surface area (Å²) in [6.07, 6.45) is 1.05. The van der Waals surface area contributed by atoms with E-state index in [0.717, 1.165) is 6.26 Å². The van der Waals surface area contributed by atoms with Gasteiger partial charge in [0.1, 0.15) is 0 Å². The van der Waals surface area contributed by atoms with E-state index in [0.29, 0.717) is 0 Å². The first kappa shape index (κ1) is 13.5. The van der Waals surface area contributed by atoms with Gasteiger partial charge in [-0.25, -0.2) is 17.2 Å². The Labute approximate surface area is 109 Å². The van der Waals surface area contributed by atoms with E-state index in [2.05, 4.69) is 0 Å². The van der Waals surface area contributed by atoms with Gasteiger partial charge in [-0.05, 0) is 29.8 Å². The average Bonchev–Trinajstić information content (AvgIpc) is 2.35. The largest absolute Gasteiger partial charge is 0.396 e. The minimum Gasteiger partial charge on any atom is -0.396 e. The molecule has 0 bridgehead atoms. The zero-order valence-electron chi connectivity index (χ0n) is 10.0. The van der Waals surface area contributed by atoms with E-state index in [9.17, 15) is 17.2 Å². The minimum absolute atomic E-state index is 0.0304. The molecule has 100 valence electrons. The fraction of sp³-hybridized carbons (Fsp3) is 0.0769. The van der Waals surface area contributed by atoms with Crippen LogP contribution in [0.5, 0.6) is 0 Å². The third-order valence-electron chi connectivity index (χ3n) is 2.69. The lowest BCUT2D eigenvalue weighted by atomic mass is 10.0. The fourth-order valence-corrected chi connectivity index (χ4v) is 2.35. The van der Waals surface area contributed by atoms with Crippen molar-refractivity contribution in [1.29, 1.82) is 0 Å². The molecule has 2 aromatic rings. The van der Waals surface area contributed by atoms with Gasteiger partial charge in [-0.15, -0.1) is 0 Å². The van der Waals surface area contributed by atoms with Crippen LogP contribution < -0.4 is 5.73 Å². The van der Waals surface area contributed by atoms with Gasteiger partial charge >= 0.3 is 0 Å². The van der Waals surface area contributed by atoms with Crippen LogP contribution in [0, 0.1) is 11.6 Å². The molecule has 0 heterocycles. The maximum atomic E-state index is 13.8. The van der Waals surface area contributed by atoms with E-state index in [1.54, 1.807) is 0 Å². The number of rotatable bonds is 2. The summed E-state index contributed by atoms with van der Waals surface area (Å²) < 4.78 is 50.0. The lowest BCUT2D eigenvalue weighted by molar-refractivity contribution is 0.514. The predicted octanol–water partition coefficient (Wildman–Crippen LogP) is 2.62. The van der Waals surface area contributed by atoms with Crippen molar-refractivity contribution in [3.05, 3.63) is 48.0 Å².